The smallest absolute Gasteiger partial charge is 0.250 e. The Morgan fingerprint density at radius 2 is 1.64 bits per heavy atom. The maximum atomic E-state index is 13.4. The molecule has 0 bridgehead atoms. The average molecular weight is 466 g/mol. The minimum atomic E-state index is -0.888. The summed E-state index contributed by atoms with van der Waals surface area (Å²) in [6.45, 7) is 2.62. The Hall–Kier alpha value is -3.13. The molecule has 0 radical (unpaired) electrons. The molecule has 1 fully saturated rings. The fraction of sp³-hybridized carbons (Fsp3) is 0.360. The molecule has 2 aromatic carbocycles. The number of carbonyl (C=O) groups excluding carboxylic acids is 4. The lowest BCUT2D eigenvalue weighted by Gasteiger charge is -2.34. The number of ketones is 1. The van der Waals surface area contributed by atoms with E-state index in [1.807, 2.05) is 18.2 Å². The molecule has 2 aliphatic heterocycles. The van der Waals surface area contributed by atoms with Crippen molar-refractivity contribution < 1.29 is 19.2 Å². The van der Waals surface area contributed by atoms with Crippen molar-refractivity contribution in [1.82, 2.24) is 4.90 Å². The fourth-order valence-electron chi connectivity index (χ4n) is 4.13. The number of para-hydroxylation sites is 1. The number of hydrogen-bond donors (Lipinski definition) is 1. The van der Waals surface area contributed by atoms with Crippen LogP contribution in [0.2, 0.25) is 0 Å². The van der Waals surface area contributed by atoms with Gasteiger partial charge < -0.3 is 15.1 Å². The van der Waals surface area contributed by atoms with Gasteiger partial charge in [0.15, 0.2) is 11.0 Å². The SMILES string of the molecule is CC(=O)c1ccc(NC(=O)CN2C(=O)[C@H](C(=O)N3CCCCCC3)Sc3ccccc32)cc1. The molecular weight excluding hydrogens is 438 g/mol. The lowest BCUT2D eigenvalue weighted by molar-refractivity contribution is -0.135. The van der Waals surface area contributed by atoms with Crippen LogP contribution in [-0.4, -0.2) is 53.3 Å². The second-order valence-corrected chi connectivity index (χ2v) is 9.46. The summed E-state index contributed by atoms with van der Waals surface area (Å²) in [5.74, 6) is -0.968. The highest BCUT2D eigenvalue weighted by molar-refractivity contribution is 8.01. The van der Waals surface area contributed by atoms with Crippen molar-refractivity contribution >= 4 is 46.6 Å². The van der Waals surface area contributed by atoms with Gasteiger partial charge in [-0.25, -0.2) is 0 Å². The first-order valence-corrected chi connectivity index (χ1v) is 12.1. The molecule has 1 saturated heterocycles. The molecule has 2 aromatic rings. The standard InChI is InChI=1S/C25H27N3O4S/c1-17(29)18-10-12-19(13-11-18)26-22(30)16-28-20-8-4-5-9-21(20)33-23(25(28)32)24(31)27-14-6-2-3-7-15-27/h4-5,8-13,23H,2-3,6-7,14-16H2,1H3,(H,26,30)/t23-/m0/s1. The minimum absolute atomic E-state index is 0.0546. The molecule has 0 aromatic heterocycles. The van der Waals surface area contributed by atoms with Crippen LogP contribution in [0.15, 0.2) is 53.4 Å². The summed E-state index contributed by atoms with van der Waals surface area (Å²) in [6.07, 6.45) is 4.08. The maximum Gasteiger partial charge on any atom is 0.250 e. The van der Waals surface area contributed by atoms with Gasteiger partial charge in [0.2, 0.25) is 11.8 Å². The second kappa shape index (κ2) is 10.2. The minimum Gasteiger partial charge on any atom is -0.341 e. The van der Waals surface area contributed by atoms with Gasteiger partial charge in [-0.3, -0.25) is 19.2 Å². The molecule has 2 heterocycles. The predicted molar refractivity (Wildman–Crippen MR) is 129 cm³/mol. The van der Waals surface area contributed by atoms with Crippen LogP contribution in [0.4, 0.5) is 11.4 Å². The van der Waals surface area contributed by atoms with E-state index in [-0.39, 0.29) is 30.0 Å². The number of nitrogens with one attached hydrogen (secondary N) is 1. The summed E-state index contributed by atoms with van der Waals surface area (Å²) in [5.41, 5.74) is 1.73. The van der Waals surface area contributed by atoms with E-state index >= 15 is 0 Å². The molecule has 8 heteroatoms. The Bertz CT molecular complexity index is 1060. The number of Topliss-reactive ketones (excluding diaryl/α,β-unsaturated/α-hetero) is 1. The first-order valence-electron chi connectivity index (χ1n) is 11.2. The van der Waals surface area contributed by atoms with E-state index in [1.165, 1.54) is 23.6 Å². The van der Waals surface area contributed by atoms with Gasteiger partial charge in [-0.15, -0.1) is 11.8 Å². The Labute approximate surface area is 197 Å². The number of amides is 3. The van der Waals surface area contributed by atoms with Crippen LogP contribution >= 0.6 is 11.8 Å². The molecule has 1 atom stereocenters. The van der Waals surface area contributed by atoms with Gasteiger partial charge in [0.05, 0.1) is 5.69 Å². The quantitative estimate of drug-likeness (QED) is 0.537. The zero-order chi connectivity index (χ0) is 23.4. The Morgan fingerprint density at radius 3 is 2.30 bits per heavy atom. The number of hydrogen-bond acceptors (Lipinski definition) is 5. The van der Waals surface area contributed by atoms with Crippen molar-refractivity contribution in [2.75, 3.05) is 29.9 Å². The molecule has 0 aliphatic carbocycles. The monoisotopic (exact) mass is 465 g/mol. The van der Waals surface area contributed by atoms with Crippen molar-refractivity contribution in [2.24, 2.45) is 0 Å². The van der Waals surface area contributed by atoms with Gasteiger partial charge in [0.1, 0.15) is 6.54 Å². The van der Waals surface area contributed by atoms with Gasteiger partial charge in [-0.05, 0) is 56.2 Å². The van der Waals surface area contributed by atoms with Crippen molar-refractivity contribution in [3.8, 4) is 0 Å². The second-order valence-electron chi connectivity index (χ2n) is 8.31. The number of thioether (sulfide) groups is 1. The van der Waals surface area contributed by atoms with Gasteiger partial charge in [0, 0.05) is 29.2 Å². The number of likely N-dealkylation sites (tertiary alicyclic amines) is 1. The van der Waals surface area contributed by atoms with Crippen LogP contribution in [0, 0.1) is 0 Å². The fourth-order valence-corrected chi connectivity index (χ4v) is 5.31. The Kier molecular flexibility index (Phi) is 7.13. The average Bonchev–Trinajstić information content (AvgIpc) is 3.10. The lowest BCUT2D eigenvalue weighted by Crippen LogP contribution is -2.51. The molecular formula is C25H27N3O4S. The normalized spacial score (nSPS) is 18.3. The van der Waals surface area contributed by atoms with Gasteiger partial charge >= 0.3 is 0 Å². The number of fused-ring (bicyclic) bond motifs is 1. The molecule has 33 heavy (non-hydrogen) atoms. The van der Waals surface area contributed by atoms with Crippen molar-refractivity contribution in [2.45, 2.75) is 42.8 Å². The van der Waals surface area contributed by atoms with E-state index in [4.69, 9.17) is 0 Å². The molecule has 0 saturated carbocycles. The van der Waals surface area contributed by atoms with E-state index in [2.05, 4.69) is 5.32 Å². The first kappa shape index (κ1) is 23.0. The molecule has 0 unspecified atom stereocenters. The summed E-state index contributed by atoms with van der Waals surface area (Å²) in [5, 5.41) is 1.89. The number of nitrogens with zero attached hydrogens (tertiary/aromatic N) is 2. The van der Waals surface area contributed by atoms with E-state index < -0.39 is 5.25 Å². The van der Waals surface area contributed by atoms with E-state index in [0.717, 1.165) is 30.6 Å². The van der Waals surface area contributed by atoms with Crippen molar-refractivity contribution in [1.29, 1.82) is 0 Å². The molecule has 172 valence electrons. The molecule has 4 rings (SSSR count). The van der Waals surface area contributed by atoms with E-state index in [0.29, 0.717) is 30.0 Å². The summed E-state index contributed by atoms with van der Waals surface area (Å²) >= 11 is 1.27. The number of benzene rings is 2. The zero-order valence-electron chi connectivity index (χ0n) is 18.6. The third kappa shape index (κ3) is 5.27. The number of rotatable bonds is 5. The Morgan fingerprint density at radius 1 is 0.970 bits per heavy atom. The molecule has 0 spiro atoms. The van der Waals surface area contributed by atoms with Crippen LogP contribution in [0.5, 0.6) is 0 Å². The van der Waals surface area contributed by atoms with Crippen molar-refractivity contribution in [3.63, 3.8) is 0 Å². The van der Waals surface area contributed by atoms with Gasteiger partial charge in [-0.1, -0.05) is 25.0 Å². The van der Waals surface area contributed by atoms with Gasteiger partial charge in [0.25, 0.3) is 5.91 Å². The van der Waals surface area contributed by atoms with E-state index in [9.17, 15) is 19.2 Å². The van der Waals surface area contributed by atoms with Crippen LogP contribution in [0.3, 0.4) is 0 Å². The molecule has 1 N–H and O–H groups in total. The van der Waals surface area contributed by atoms with Crippen LogP contribution in [0.1, 0.15) is 43.0 Å². The summed E-state index contributed by atoms with van der Waals surface area (Å²) in [4.78, 5) is 54.9. The topological polar surface area (TPSA) is 86.8 Å². The summed E-state index contributed by atoms with van der Waals surface area (Å²) < 4.78 is 0. The summed E-state index contributed by atoms with van der Waals surface area (Å²) in [6, 6.07) is 13.9. The van der Waals surface area contributed by atoms with Crippen LogP contribution in [0.25, 0.3) is 0 Å². The highest BCUT2D eigenvalue weighted by Crippen LogP contribution is 2.39. The predicted octanol–water partition coefficient (Wildman–Crippen LogP) is 3.74. The van der Waals surface area contributed by atoms with Crippen LogP contribution < -0.4 is 10.2 Å². The molecule has 2 aliphatic rings. The Balaban J connectivity index is 1.51. The lowest BCUT2D eigenvalue weighted by atomic mass is 10.1. The third-order valence-electron chi connectivity index (χ3n) is 5.91. The molecule has 7 nitrogen and oxygen atoms in total. The number of carbonyl (C=O) groups is 4. The largest absolute Gasteiger partial charge is 0.341 e. The van der Waals surface area contributed by atoms with Crippen molar-refractivity contribution in [3.05, 3.63) is 54.1 Å². The zero-order valence-corrected chi connectivity index (χ0v) is 19.4. The van der Waals surface area contributed by atoms with E-state index in [1.54, 1.807) is 35.2 Å². The number of anilines is 2. The maximum absolute atomic E-state index is 13.4. The summed E-state index contributed by atoms with van der Waals surface area (Å²) in [7, 11) is 0. The first-order chi connectivity index (χ1) is 15.9. The highest BCUT2D eigenvalue weighted by Gasteiger charge is 2.40. The highest BCUT2D eigenvalue weighted by atomic mass is 32.2. The van der Waals surface area contributed by atoms with Crippen LogP contribution in [-0.2, 0) is 14.4 Å². The van der Waals surface area contributed by atoms with Gasteiger partial charge in [-0.2, -0.15) is 0 Å². The third-order valence-corrected chi connectivity index (χ3v) is 7.15. The molecule has 3 amide bonds.